The number of alkyl halides is 2. The Labute approximate surface area is 144 Å². The van der Waals surface area contributed by atoms with Gasteiger partial charge < -0.3 is 9.57 Å². The molecule has 1 aliphatic heterocycles. The van der Waals surface area contributed by atoms with Crippen molar-refractivity contribution in [3.8, 4) is 11.6 Å². The number of benzene rings is 1. The smallest absolute Gasteiger partial charge is 0.280 e. The van der Waals surface area contributed by atoms with Crippen LogP contribution in [-0.4, -0.2) is 22.1 Å². The number of oxime groups is 1. The summed E-state index contributed by atoms with van der Waals surface area (Å²) < 4.78 is 59.4. The van der Waals surface area contributed by atoms with Crippen molar-refractivity contribution in [1.29, 1.82) is 0 Å². The van der Waals surface area contributed by atoms with Crippen molar-refractivity contribution >= 4 is 17.3 Å². The van der Waals surface area contributed by atoms with E-state index in [0.717, 1.165) is 12.4 Å². The number of rotatable bonds is 4. The normalized spacial score (nSPS) is 19.7. The summed E-state index contributed by atoms with van der Waals surface area (Å²) >= 11 is 5.55. The lowest BCUT2D eigenvalue weighted by Gasteiger charge is -2.19. The molecule has 2 unspecified atom stereocenters. The van der Waals surface area contributed by atoms with Crippen molar-refractivity contribution in [1.82, 2.24) is 9.97 Å². The molecular formula is C15H10ClF4N3O2. The van der Waals surface area contributed by atoms with E-state index in [2.05, 4.69) is 15.1 Å². The molecule has 1 aromatic carbocycles. The molecular weight excluding hydrogens is 366 g/mol. The van der Waals surface area contributed by atoms with Gasteiger partial charge in [-0.3, -0.25) is 0 Å². The van der Waals surface area contributed by atoms with E-state index < -0.39 is 46.8 Å². The standard InChI is InChI=1S/C15H10ClF4N3O2/c1-6-11(14(19)20)23-25-12(6)9-7(17)3-2-4-8(9)24-15-10(18)13(16)21-5-22-15/h2-6,12,14H,1H3. The first-order valence-electron chi connectivity index (χ1n) is 7.04. The molecule has 0 spiro atoms. The Morgan fingerprint density at radius 3 is 2.68 bits per heavy atom. The molecule has 0 amide bonds. The molecule has 1 aromatic heterocycles. The quantitative estimate of drug-likeness (QED) is 0.582. The molecule has 1 aliphatic rings. The van der Waals surface area contributed by atoms with Crippen molar-refractivity contribution in [3.05, 3.63) is 46.9 Å². The summed E-state index contributed by atoms with van der Waals surface area (Å²) in [6.45, 7) is 1.42. The number of ether oxygens (including phenoxy) is 1. The number of halogens is 5. The average Bonchev–Trinajstić information content (AvgIpc) is 2.93. The molecule has 132 valence electrons. The highest BCUT2D eigenvalue weighted by Gasteiger charge is 2.39. The van der Waals surface area contributed by atoms with E-state index in [1.807, 2.05) is 0 Å². The fourth-order valence-electron chi connectivity index (χ4n) is 2.38. The fraction of sp³-hybridized carbons (Fsp3) is 0.267. The number of hydrogen-bond acceptors (Lipinski definition) is 5. The number of hydrogen-bond donors (Lipinski definition) is 0. The third kappa shape index (κ3) is 3.23. The van der Waals surface area contributed by atoms with E-state index in [9.17, 15) is 17.6 Å². The minimum atomic E-state index is -2.84. The molecule has 0 saturated heterocycles. The molecule has 3 rings (SSSR count). The molecule has 0 bridgehead atoms. The monoisotopic (exact) mass is 375 g/mol. The Bertz CT molecular complexity index is 834. The van der Waals surface area contributed by atoms with Crippen LogP contribution in [0.15, 0.2) is 29.7 Å². The van der Waals surface area contributed by atoms with Crippen LogP contribution in [0.25, 0.3) is 0 Å². The maximum Gasteiger partial charge on any atom is 0.280 e. The molecule has 2 heterocycles. The van der Waals surface area contributed by atoms with Gasteiger partial charge in [-0.2, -0.15) is 9.37 Å². The first-order valence-corrected chi connectivity index (χ1v) is 7.42. The zero-order chi connectivity index (χ0) is 18.1. The van der Waals surface area contributed by atoms with Crippen LogP contribution in [0.3, 0.4) is 0 Å². The van der Waals surface area contributed by atoms with Crippen LogP contribution < -0.4 is 4.74 Å². The van der Waals surface area contributed by atoms with Crippen molar-refractivity contribution in [2.75, 3.05) is 0 Å². The van der Waals surface area contributed by atoms with Crippen molar-refractivity contribution < 1.29 is 27.1 Å². The zero-order valence-electron chi connectivity index (χ0n) is 12.6. The van der Waals surface area contributed by atoms with Gasteiger partial charge in [-0.15, -0.1) is 0 Å². The molecule has 2 aromatic rings. The predicted octanol–water partition coefficient (Wildman–Crippen LogP) is 4.53. The molecule has 0 saturated carbocycles. The maximum atomic E-state index is 14.3. The Morgan fingerprint density at radius 1 is 1.24 bits per heavy atom. The van der Waals surface area contributed by atoms with E-state index in [4.69, 9.17) is 21.2 Å². The molecule has 0 aliphatic carbocycles. The van der Waals surface area contributed by atoms with Crippen molar-refractivity contribution in [3.63, 3.8) is 0 Å². The van der Waals surface area contributed by atoms with Crippen molar-refractivity contribution in [2.45, 2.75) is 19.5 Å². The van der Waals surface area contributed by atoms with E-state index >= 15 is 0 Å². The second kappa shape index (κ2) is 6.83. The van der Waals surface area contributed by atoms with Crippen LogP contribution in [0.5, 0.6) is 11.6 Å². The molecule has 10 heteroatoms. The molecule has 0 radical (unpaired) electrons. The molecule has 0 fully saturated rings. The summed E-state index contributed by atoms with van der Waals surface area (Å²) in [6.07, 6.45) is -3.03. The van der Waals surface area contributed by atoms with Crippen LogP contribution in [0.4, 0.5) is 17.6 Å². The minimum absolute atomic E-state index is 0.156. The lowest BCUT2D eigenvalue weighted by molar-refractivity contribution is 0.0608. The second-order valence-corrected chi connectivity index (χ2v) is 5.53. The summed E-state index contributed by atoms with van der Waals surface area (Å²) in [6, 6.07) is 3.73. The molecule has 5 nitrogen and oxygen atoms in total. The van der Waals surface area contributed by atoms with Crippen LogP contribution in [-0.2, 0) is 4.84 Å². The molecule has 0 N–H and O–H groups in total. The Kier molecular flexibility index (Phi) is 4.76. The van der Waals surface area contributed by atoms with E-state index in [-0.39, 0.29) is 11.3 Å². The Morgan fingerprint density at radius 2 is 2.00 bits per heavy atom. The summed E-state index contributed by atoms with van der Waals surface area (Å²) in [7, 11) is 0. The van der Waals surface area contributed by atoms with Gasteiger partial charge in [0.25, 0.3) is 12.3 Å². The SMILES string of the molecule is CC1C(C(F)F)=NOC1c1c(F)cccc1Oc1ncnc(Cl)c1F. The Balaban J connectivity index is 1.98. The lowest BCUT2D eigenvalue weighted by atomic mass is 9.93. The maximum absolute atomic E-state index is 14.3. The molecule has 25 heavy (non-hydrogen) atoms. The summed E-state index contributed by atoms with van der Waals surface area (Å²) in [4.78, 5) is 12.0. The highest BCUT2D eigenvalue weighted by Crippen LogP contribution is 2.41. The van der Waals surface area contributed by atoms with Gasteiger partial charge >= 0.3 is 0 Å². The number of nitrogens with zero attached hydrogens (tertiary/aromatic N) is 3. The zero-order valence-corrected chi connectivity index (χ0v) is 13.3. The number of aromatic nitrogens is 2. The van der Waals surface area contributed by atoms with E-state index in [0.29, 0.717) is 0 Å². The van der Waals surface area contributed by atoms with E-state index in [1.54, 1.807) is 0 Å². The van der Waals surface area contributed by atoms with Gasteiger partial charge in [0.15, 0.2) is 11.3 Å². The third-order valence-electron chi connectivity index (χ3n) is 3.63. The van der Waals surface area contributed by atoms with Gasteiger partial charge in [0.2, 0.25) is 5.82 Å². The van der Waals surface area contributed by atoms with Crippen LogP contribution in [0, 0.1) is 17.6 Å². The van der Waals surface area contributed by atoms with Gasteiger partial charge in [-0.1, -0.05) is 29.7 Å². The van der Waals surface area contributed by atoms with Crippen LogP contribution in [0.1, 0.15) is 18.6 Å². The second-order valence-electron chi connectivity index (χ2n) is 5.17. The molecule has 2 atom stereocenters. The fourth-order valence-corrected chi connectivity index (χ4v) is 2.50. The first kappa shape index (κ1) is 17.4. The van der Waals surface area contributed by atoms with Crippen LogP contribution in [0.2, 0.25) is 5.15 Å². The topological polar surface area (TPSA) is 56.6 Å². The van der Waals surface area contributed by atoms with E-state index in [1.165, 1.54) is 19.1 Å². The van der Waals surface area contributed by atoms with Crippen molar-refractivity contribution in [2.24, 2.45) is 11.1 Å². The lowest BCUT2D eigenvalue weighted by Crippen LogP contribution is -2.21. The minimum Gasteiger partial charge on any atom is -0.436 e. The van der Waals surface area contributed by atoms with Gasteiger partial charge in [0.1, 0.15) is 23.6 Å². The van der Waals surface area contributed by atoms with Crippen LogP contribution >= 0.6 is 11.6 Å². The summed E-state index contributed by atoms with van der Waals surface area (Å²) in [5.41, 5.74) is -0.681. The highest BCUT2D eigenvalue weighted by molar-refractivity contribution is 6.29. The third-order valence-corrected chi connectivity index (χ3v) is 3.90. The first-order chi connectivity index (χ1) is 11.9. The summed E-state index contributed by atoms with van der Waals surface area (Å²) in [5.74, 6) is -3.41. The van der Waals surface area contributed by atoms with Gasteiger partial charge in [-0.05, 0) is 12.1 Å². The Hall–Kier alpha value is -2.42. The highest BCUT2D eigenvalue weighted by atomic mass is 35.5. The van der Waals surface area contributed by atoms with Gasteiger partial charge in [0, 0.05) is 5.92 Å². The largest absolute Gasteiger partial charge is 0.436 e. The van der Waals surface area contributed by atoms with Gasteiger partial charge in [0.05, 0.1) is 5.56 Å². The predicted molar refractivity (Wildman–Crippen MR) is 79.9 cm³/mol. The summed E-state index contributed by atoms with van der Waals surface area (Å²) in [5, 5.41) is 2.84. The average molecular weight is 376 g/mol. The van der Waals surface area contributed by atoms with Gasteiger partial charge in [-0.25, -0.2) is 18.2 Å².